The summed E-state index contributed by atoms with van der Waals surface area (Å²) in [6.07, 6.45) is 5.16. The Kier molecular flexibility index (Phi) is 20.1. The Hall–Kier alpha value is -0.353. The van der Waals surface area contributed by atoms with Gasteiger partial charge in [-0.3, -0.25) is 0 Å². The molecule has 0 saturated heterocycles. The molecule has 0 aromatic heterocycles. The van der Waals surface area contributed by atoms with Crippen molar-refractivity contribution in [1.29, 1.82) is 0 Å². The first kappa shape index (κ1) is 18.4. The van der Waals surface area contributed by atoms with Crippen LogP contribution in [0.25, 0.3) is 0 Å². The van der Waals surface area contributed by atoms with Crippen molar-refractivity contribution in [3.63, 3.8) is 0 Å². The zero-order valence-corrected chi connectivity index (χ0v) is 8.32. The van der Waals surface area contributed by atoms with Crippen molar-refractivity contribution in [2.75, 3.05) is 0 Å². The van der Waals surface area contributed by atoms with E-state index in [0.717, 1.165) is 0 Å². The van der Waals surface area contributed by atoms with Gasteiger partial charge in [0.05, 0.1) is 0 Å². The second kappa shape index (κ2) is 14.2. The van der Waals surface area contributed by atoms with Gasteiger partial charge in [0.15, 0.2) is 0 Å². The molecule has 0 aromatic rings. The van der Waals surface area contributed by atoms with Crippen LogP contribution in [0, 0.1) is 12.3 Å². The maximum Gasteiger partial charge on any atom is 1.00 e. The van der Waals surface area contributed by atoms with E-state index in [1.807, 2.05) is 6.92 Å². The maximum absolute atomic E-state index is 9.49. The van der Waals surface area contributed by atoms with Gasteiger partial charge in [0.25, 0.3) is 0 Å². The van der Waals surface area contributed by atoms with Crippen molar-refractivity contribution >= 4 is 14.7 Å². The third-order valence-electron chi connectivity index (χ3n) is 0.747. The van der Waals surface area contributed by atoms with Gasteiger partial charge < -0.3 is 9.53 Å². The molecule has 0 aliphatic heterocycles. The molecular formula is C6H9LiO5P+. The first-order valence-electron chi connectivity index (χ1n) is 2.92. The molecule has 0 saturated carbocycles. The maximum atomic E-state index is 9.49. The van der Waals surface area contributed by atoms with Gasteiger partial charge in [-0.05, 0) is 6.42 Å². The fourth-order valence-electron chi connectivity index (χ4n) is 0.293. The van der Waals surface area contributed by atoms with Crippen LogP contribution in [0.15, 0.2) is 0 Å². The van der Waals surface area contributed by atoms with Gasteiger partial charge >= 0.3 is 27.1 Å². The third kappa shape index (κ3) is 24.5. The van der Waals surface area contributed by atoms with Crippen LogP contribution in [0.5, 0.6) is 0 Å². The molecule has 2 N–H and O–H groups in total. The minimum Gasteiger partial charge on any atom is -0.642 e. The van der Waals surface area contributed by atoms with E-state index in [9.17, 15) is 4.79 Å². The minimum absolute atomic E-state index is 0. The summed E-state index contributed by atoms with van der Waals surface area (Å²) in [6.45, 7) is 3.11. The molecule has 0 aliphatic carbocycles. The van der Waals surface area contributed by atoms with Crippen LogP contribution < -0.4 is 18.9 Å². The normalized spacial score (nSPS) is 9.08. The van der Waals surface area contributed by atoms with Crippen LogP contribution in [0.1, 0.15) is 13.3 Å². The minimum atomic E-state index is -2.87. The molecular weight excluding hydrogens is 190 g/mol. The third-order valence-corrected chi connectivity index (χ3v) is 0.747. The molecule has 0 heterocycles. The fraction of sp³-hybridized carbons (Fsp3) is 0.500. The van der Waals surface area contributed by atoms with E-state index >= 15 is 0 Å². The van der Waals surface area contributed by atoms with E-state index in [2.05, 4.69) is 10.7 Å². The molecule has 0 bridgehead atoms. The van der Waals surface area contributed by atoms with Crippen LogP contribution >= 0.6 is 8.25 Å². The van der Waals surface area contributed by atoms with Gasteiger partial charge in [0, 0.05) is 4.57 Å². The van der Waals surface area contributed by atoms with Gasteiger partial charge in [0.2, 0.25) is 0 Å². The molecule has 0 amide bonds. The Balaban J connectivity index is -0.000000173. The van der Waals surface area contributed by atoms with Gasteiger partial charge in [-0.1, -0.05) is 19.3 Å². The molecule has 0 fully saturated rings. The molecule has 1 unspecified atom stereocenters. The molecule has 0 aromatic carbocycles. The average Bonchev–Trinajstić information content (AvgIpc) is 1.99. The molecule has 0 radical (unpaired) electrons. The Morgan fingerprint density at radius 2 is 2.08 bits per heavy atom. The number of rotatable bonds is 3. The smallest absolute Gasteiger partial charge is 0.642 e. The van der Waals surface area contributed by atoms with Gasteiger partial charge in [0.1, 0.15) is 6.10 Å². The summed E-state index contributed by atoms with van der Waals surface area (Å²) in [7, 11) is -2.87. The van der Waals surface area contributed by atoms with Gasteiger partial charge in [-0.15, -0.1) is 16.2 Å². The van der Waals surface area contributed by atoms with Gasteiger partial charge in [-0.25, -0.2) is 0 Å². The van der Waals surface area contributed by atoms with E-state index in [0.29, 0.717) is 6.42 Å². The molecule has 68 valence electrons. The van der Waals surface area contributed by atoms with Crippen LogP contribution in [0.3, 0.4) is 0 Å². The van der Waals surface area contributed by atoms with E-state index in [4.69, 9.17) is 20.8 Å². The second-order valence-electron chi connectivity index (χ2n) is 1.52. The van der Waals surface area contributed by atoms with E-state index in [-0.39, 0.29) is 18.9 Å². The molecule has 5 nitrogen and oxygen atoms in total. The van der Waals surface area contributed by atoms with E-state index in [1.54, 1.807) is 0 Å². The molecule has 7 heteroatoms. The number of carbonyl (C=O) groups excluding carboxylic acids is 1. The predicted octanol–water partition coefficient (Wildman–Crippen LogP) is -2.89. The molecule has 1 atom stereocenters. The first-order valence-corrected chi connectivity index (χ1v) is 4.08. The number of hydrogen-bond donors (Lipinski definition) is 2. The Morgan fingerprint density at radius 1 is 1.69 bits per heavy atom. The van der Waals surface area contributed by atoms with Gasteiger partial charge in [-0.2, -0.15) is 0 Å². The number of terminal acetylenes is 1. The molecule has 13 heavy (non-hydrogen) atoms. The summed E-state index contributed by atoms with van der Waals surface area (Å²) in [5.41, 5.74) is 0. The second-order valence-corrected chi connectivity index (χ2v) is 2.02. The fourth-order valence-corrected chi connectivity index (χ4v) is 0.293. The van der Waals surface area contributed by atoms with E-state index in [1.165, 1.54) is 6.47 Å². The van der Waals surface area contributed by atoms with Crippen molar-refractivity contribution in [2.45, 2.75) is 19.4 Å². The van der Waals surface area contributed by atoms with Crippen molar-refractivity contribution in [1.82, 2.24) is 0 Å². The summed E-state index contributed by atoms with van der Waals surface area (Å²) in [5, 5.41) is 0. The Morgan fingerprint density at radius 3 is 2.15 bits per heavy atom. The van der Waals surface area contributed by atoms with Crippen molar-refractivity contribution in [2.24, 2.45) is 0 Å². The molecule has 0 aliphatic rings. The SMILES string of the molecule is C#CC(CC)O[C-]=O.O=[P+](O)O.[Li+]. The summed E-state index contributed by atoms with van der Waals surface area (Å²) < 4.78 is 13.0. The van der Waals surface area contributed by atoms with Crippen LogP contribution in [0.2, 0.25) is 0 Å². The molecule has 0 spiro atoms. The predicted molar refractivity (Wildman–Crippen MR) is 41.7 cm³/mol. The summed E-state index contributed by atoms with van der Waals surface area (Å²) >= 11 is 0. The number of hydrogen-bond acceptors (Lipinski definition) is 3. The monoisotopic (exact) mass is 199 g/mol. The number of ether oxygens (including phenoxy) is 1. The van der Waals surface area contributed by atoms with Crippen molar-refractivity contribution in [3.05, 3.63) is 0 Å². The van der Waals surface area contributed by atoms with Crippen molar-refractivity contribution < 1.29 is 42.7 Å². The summed E-state index contributed by atoms with van der Waals surface area (Å²) in [4.78, 5) is 23.7. The Bertz CT molecular complexity index is 174. The van der Waals surface area contributed by atoms with Crippen LogP contribution in [-0.4, -0.2) is 22.4 Å². The van der Waals surface area contributed by atoms with E-state index < -0.39 is 14.4 Å². The average molecular weight is 199 g/mol. The topological polar surface area (TPSA) is 83.8 Å². The first-order chi connectivity index (χ1) is 5.58. The summed E-state index contributed by atoms with van der Waals surface area (Å²) in [5.74, 6) is 2.27. The zero-order chi connectivity index (χ0) is 9.98. The molecule has 0 rings (SSSR count). The zero-order valence-electron chi connectivity index (χ0n) is 7.43. The largest absolute Gasteiger partial charge is 1.00 e. The van der Waals surface area contributed by atoms with Crippen LogP contribution in [-0.2, 0) is 14.1 Å². The van der Waals surface area contributed by atoms with Crippen LogP contribution in [0.4, 0.5) is 0 Å². The van der Waals surface area contributed by atoms with Crippen molar-refractivity contribution in [3.8, 4) is 12.3 Å². The quantitative estimate of drug-likeness (QED) is 0.221. The Labute approximate surface area is 89.6 Å². The standard InChI is InChI=1S/C6H7O2.Li.HO3P/c1-3-6(4-2)8-5-7;;1-4(2)3/h1,6H,4H2,2H3;;(H-,1,2,3)/q-1;+1;/p+1. The summed E-state index contributed by atoms with van der Waals surface area (Å²) in [6, 6.07) is 0.